The summed E-state index contributed by atoms with van der Waals surface area (Å²) in [5.41, 5.74) is -2.76. The molecule has 3 aromatic rings. The number of anilines is 1. The van der Waals surface area contributed by atoms with Gasteiger partial charge in [0.2, 0.25) is 5.95 Å². The van der Waals surface area contributed by atoms with Gasteiger partial charge in [0, 0.05) is 24.7 Å². The lowest BCUT2D eigenvalue weighted by Crippen LogP contribution is -2.57. The molecule has 0 spiro atoms. The molecule has 0 N–H and O–H groups in total. The van der Waals surface area contributed by atoms with Gasteiger partial charge in [-0.15, -0.1) is 0 Å². The van der Waals surface area contributed by atoms with Gasteiger partial charge in [-0.2, -0.15) is 26.3 Å². The minimum Gasteiger partial charge on any atom is -0.486 e. The highest BCUT2D eigenvalue weighted by atomic mass is 19.4. The third-order valence-corrected chi connectivity index (χ3v) is 8.80. The first-order valence-electron chi connectivity index (χ1n) is 16.1. The Balaban J connectivity index is 1.71. The van der Waals surface area contributed by atoms with Crippen molar-refractivity contribution in [3.05, 3.63) is 83.2 Å². The Labute approximate surface area is 277 Å². The van der Waals surface area contributed by atoms with Crippen LogP contribution in [0, 0.1) is 0 Å². The number of halogens is 6. The average molecular weight is 681 g/mol. The van der Waals surface area contributed by atoms with Crippen LogP contribution in [0.5, 0.6) is 5.75 Å². The molecule has 13 heteroatoms. The monoisotopic (exact) mass is 680 g/mol. The molecule has 3 atom stereocenters. The minimum absolute atomic E-state index is 0.116. The second-order valence-corrected chi connectivity index (χ2v) is 12.7. The smallest absolute Gasteiger partial charge is 0.416 e. The Morgan fingerprint density at radius 2 is 1.40 bits per heavy atom. The first-order valence-corrected chi connectivity index (χ1v) is 16.1. The van der Waals surface area contributed by atoms with Gasteiger partial charge < -0.3 is 19.3 Å². The quantitative estimate of drug-likeness (QED) is 0.188. The van der Waals surface area contributed by atoms with Crippen molar-refractivity contribution in [2.75, 3.05) is 4.90 Å². The predicted molar refractivity (Wildman–Crippen MR) is 169 cm³/mol. The zero-order valence-electron chi connectivity index (χ0n) is 27.7. The Bertz CT molecular complexity index is 1450. The van der Waals surface area contributed by atoms with E-state index < -0.39 is 41.2 Å². The van der Waals surface area contributed by atoms with Gasteiger partial charge in [0.15, 0.2) is 5.75 Å². The maximum Gasteiger partial charge on any atom is 0.416 e. The predicted octanol–water partition coefficient (Wildman–Crippen LogP) is 9.45. The topological polar surface area (TPSA) is 67.8 Å². The number of carbonyl (C=O) groups excluding carboxylic acids is 1. The van der Waals surface area contributed by atoms with Gasteiger partial charge in [-0.25, -0.2) is 14.8 Å². The molecule has 1 aliphatic heterocycles. The molecule has 1 saturated heterocycles. The molecule has 48 heavy (non-hydrogen) atoms. The van der Waals surface area contributed by atoms with Gasteiger partial charge in [-0.05, 0) is 75.3 Å². The highest BCUT2D eigenvalue weighted by molar-refractivity contribution is 5.69. The van der Waals surface area contributed by atoms with Crippen molar-refractivity contribution in [3.8, 4) is 5.75 Å². The molecular formula is C35H42F6N4O3. The first-order chi connectivity index (χ1) is 22.5. The third kappa shape index (κ3) is 9.31. The van der Waals surface area contributed by atoms with Crippen molar-refractivity contribution in [3.63, 3.8) is 0 Å². The zero-order chi connectivity index (χ0) is 35.3. The lowest BCUT2D eigenvalue weighted by Gasteiger charge is -2.48. The fourth-order valence-corrected chi connectivity index (χ4v) is 5.83. The first kappa shape index (κ1) is 36.8. The van der Waals surface area contributed by atoms with Gasteiger partial charge >= 0.3 is 18.4 Å². The second-order valence-electron chi connectivity index (χ2n) is 12.7. The molecule has 262 valence electrons. The van der Waals surface area contributed by atoms with Crippen molar-refractivity contribution >= 4 is 12.0 Å². The number of carbonyl (C=O) groups is 1. The number of hydrogen-bond acceptors (Lipinski definition) is 6. The number of aromatic nitrogens is 2. The van der Waals surface area contributed by atoms with Crippen LogP contribution in [0.4, 0.5) is 37.1 Å². The Morgan fingerprint density at radius 3 is 1.88 bits per heavy atom. The Hall–Kier alpha value is -4.03. The van der Waals surface area contributed by atoms with Gasteiger partial charge in [0.1, 0.15) is 12.2 Å². The Morgan fingerprint density at radius 1 is 0.854 bits per heavy atom. The molecule has 2 heterocycles. The molecule has 1 aliphatic rings. The molecule has 1 amide bonds. The van der Waals surface area contributed by atoms with E-state index in [0.29, 0.717) is 37.9 Å². The number of hydrogen-bond donors (Lipinski definition) is 0. The maximum atomic E-state index is 13.8. The molecule has 1 aromatic heterocycles. The van der Waals surface area contributed by atoms with Crippen LogP contribution in [0.1, 0.15) is 89.0 Å². The highest BCUT2D eigenvalue weighted by Crippen LogP contribution is 2.38. The normalized spacial score (nSPS) is 18.8. The Kier molecular flexibility index (Phi) is 11.5. The molecule has 1 unspecified atom stereocenters. The summed E-state index contributed by atoms with van der Waals surface area (Å²) in [5.74, 6) is 0.459. The van der Waals surface area contributed by atoms with Crippen LogP contribution in [0.3, 0.4) is 0 Å². The van der Waals surface area contributed by atoms with E-state index >= 15 is 0 Å². The summed E-state index contributed by atoms with van der Waals surface area (Å²) in [5, 5.41) is 0. The molecular weight excluding hydrogens is 638 g/mol. The fraction of sp³-hybridized carbons (Fsp3) is 0.514. The summed E-state index contributed by atoms with van der Waals surface area (Å²) >= 11 is 0. The van der Waals surface area contributed by atoms with Crippen LogP contribution >= 0.6 is 0 Å². The molecule has 7 nitrogen and oxygen atoms in total. The molecule has 0 aliphatic carbocycles. The van der Waals surface area contributed by atoms with Gasteiger partial charge in [-0.3, -0.25) is 0 Å². The summed E-state index contributed by atoms with van der Waals surface area (Å²) < 4.78 is 94.3. The molecule has 0 radical (unpaired) electrons. The number of benzene rings is 2. The molecule has 1 fully saturated rings. The second kappa shape index (κ2) is 15.0. The minimum atomic E-state index is -4.99. The van der Waals surface area contributed by atoms with E-state index in [1.54, 1.807) is 9.80 Å². The summed E-state index contributed by atoms with van der Waals surface area (Å²) in [6.45, 7) is 9.34. The molecule has 2 aromatic carbocycles. The number of rotatable bonds is 11. The van der Waals surface area contributed by atoms with Crippen LogP contribution in [0.15, 0.2) is 60.9 Å². The van der Waals surface area contributed by atoms with E-state index in [9.17, 15) is 31.1 Å². The van der Waals surface area contributed by atoms with Crippen LogP contribution in [-0.4, -0.2) is 44.7 Å². The SMILES string of the molecule is CC[C@@H]1CC(N(Cc2cc(C(F)(F)F)cc(C(F)(F)F)c2)c2ncc(OCc3ccccc3)cn2)C[C@H](CC)N1C(=O)OC(C)(C)CC. The molecule has 4 rings (SSSR count). The number of likely N-dealkylation sites (tertiary alicyclic amines) is 1. The van der Waals surface area contributed by atoms with Crippen molar-refractivity contribution in [1.82, 2.24) is 14.9 Å². The van der Waals surface area contributed by atoms with Crippen molar-refractivity contribution in [2.45, 2.75) is 116 Å². The van der Waals surface area contributed by atoms with Crippen LogP contribution in [0.2, 0.25) is 0 Å². The lowest BCUT2D eigenvalue weighted by atomic mass is 9.87. The van der Waals surface area contributed by atoms with E-state index in [-0.39, 0.29) is 42.8 Å². The molecule has 0 saturated carbocycles. The summed E-state index contributed by atoms with van der Waals surface area (Å²) in [6.07, 6.45) is -5.12. The fourth-order valence-electron chi connectivity index (χ4n) is 5.83. The zero-order valence-corrected chi connectivity index (χ0v) is 27.7. The standard InChI is InChI=1S/C35H42F6N4O3/c1-6-27-17-29(18-28(7-2)45(27)32(46)48-33(4,5)8-3)44(21-24-14-25(34(36,37)38)16-26(15-24)35(39,40)41)31-42-19-30(20-43-31)47-22-23-12-10-9-11-13-23/h9-16,19-20,27-29H,6-8,17-18,21-22H2,1-5H3/t27-,28+,29?. The van der Waals surface area contributed by atoms with Crippen LogP contribution in [-0.2, 0) is 30.2 Å². The summed E-state index contributed by atoms with van der Waals surface area (Å²) in [6, 6.07) is 9.93. The number of amides is 1. The van der Waals surface area contributed by atoms with Gasteiger partial charge in [-0.1, -0.05) is 51.1 Å². The maximum absolute atomic E-state index is 13.8. The molecule has 0 bridgehead atoms. The van der Waals surface area contributed by atoms with E-state index in [2.05, 4.69) is 9.97 Å². The van der Waals surface area contributed by atoms with E-state index in [4.69, 9.17) is 9.47 Å². The summed E-state index contributed by atoms with van der Waals surface area (Å²) in [4.78, 5) is 25.7. The van der Waals surface area contributed by atoms with E-state index in [0.717, 1.165) is 17.7 Å². The number of nitrogens with zero attached hydrogens (tertiary/aromatic N) is 4. The highest BCUT2D eigenvalue weighted by Gasteiger charge is 2.42. The largest absolute Gasteiger partial charge is 0.486 e. The summed E-state index contributed by atoms with van der Waals surface area (Å²) in [7, 11) is 0. The average Bonchev–Trinajstić information content (AvgIpc) is 3.05. The van der Waals surface area contributed by atoms with Crippen LogP contribution < -0.4 is 9.64 Å². The van der Waals surface area contributed by atoms with Crippen LogP contribution in [0.25, 0.3) is 0 Å². The van der Waals surface area contributed by atoms with Crippen molar-refractivity contribution in [2.24, 2.45) is 0 Å². The lowest BCUT2D eigenvalue weighted by molar-refractivity contribution is -0.143. The van der Waals surface area contributed by atoms with Crippen molar-refractivity contribution in [1.29, 1.82) is 0 Å². The van der Waals surface area contributed by atoms with E-state index in [1.807, 2.05) is 65.0 Å². The number of ether oxygens (including phenoxy) is 2. The third-order valence-electron chi connectivity index (χ3n) is 8.80. The van der Waals surface area contributed by atoms with Gasteiger partial charge in [0.05, 0.1) is 23.5 Å². The van der Waals surface area contributed by atoms with Crippen molar-refractivity contribution < 1.29 is 40.6 Å². The van der Waals surface area contributed by atoms with Gasteiger partial charge in [0.25, 0.3) is 0 Å². The van der Waals surface area contributed by atoms with E-state index in [1.165, 1.54) is 12.4 Å². The number of alkyl halides is 6. The number of piperidine rings is 1.